The molecule has 5 heteroatoms. The summed E-state index contributed by atoms with van der Waals surface area (Å²) in [6.07, 6.45) is -0.126. The minimum absolute atomic E-state index is 0.00463. The second kappa shape index (κ2) is 3.74. The summed E-state index contributed by atoms with van der Waals surface area (Å²) in [6, 6.07) is 5.45. The third-order valence-corrected chi connectivity index (χ3v) is 2.37. The first-order chi connectivity index (χ1) is 7.61. The van der Waals surface area contributed by atoms with Gasteiger partial charge in [-0.15, -0.1) is 0 Å². The third-order valence-electron chi connectivity index (χ3n) is 2.37. The predicted molar refractivity (Wildman–Crippen MR) is 53.1 cm³/mol. The van der Waals surface area contributed by atoms with Gasteiger partial charge < -0.3 is 4.90 Å². The number of amides is 1. The van der Waals surface area contributed by atoms with E-state index >= 15 is 0 Å². The van der Waals surface area contributed by atoms with Crippen molar-refractivity contribution in [3.8, 4) is 6.07 Å². The van der Waals surface area contributed by atoms with E-state index in [0.717, 1.165) is 6.07 Å². The number of benzene rings is 1. The Morgan fingerprint density at radius 1 is 1.38 bits per heavy atom. The van der Waals surface area contributed by atoms with Crippen LogP contribution in [0, 0.1) is 17.1 Å². The highest BCUT2D eigenvalue weighted by Gasteiger charge is 2.28. The number of halogens is 1. The molecule has 1 heterocycles. The maximum atomic E-state index is 13.0. The molecule has 0 atom stereocenters. The van der Waals surface area contributed by atoms with Crippen LogP contribution in [0.4, 0.5) is 10.1 Å². The number of nitrogens with zero attached hydrogens (tertiary/aromatic N) is 2. The Morgan fingerprint density at radius 3 is 2.69 bits per heavy atom. The van der Waals surface area contributed by atoms with Crippen LogP contribution >= 0.6 is 0 Å². The van der Waals surface area contributed by atoms with E-state index < -0.39 is 5.82 Å². The average Bonchev–Trinajstić information content (AvgIpc) is 2.59. The lowest BCUT2D eigenvalue weighted by Gasteiger charge is -2.14. The van der Waals surface area contributed by atoms with E-state index in [1.54, 1.807) is 6.07 Å². The molecule has 1 saturated heterocycles. The number of Topliss-reactive ketones (excluding diaryl/α,β-unsaturated/α-hetero) is 1. The average molecular weight is 218 g/mol. The van der Waals surface area contributed by atoms with Crippen LogP contribution in [-0.2, 0) is 9.59 Å². The zero-order valence-electron chi connectivity index (χ0n) is 8.24. The SMILES string of the molecule is N#Cc1cc(N2CC(=O)CC2=O)ccc1F. The molecular formula is C11H7FN2O2. The normalized spacial score (nSPS) is 15.4. The molecule has 0 aromatic heterocycles. The number of ketones is 1. The van der Waals surface area contributed by atoms with Gasteiger partial charge in [-0.1, -0.05) is 0 Å². The summed E-state index contributed by atoms with van der Waals surface area (Å²) in [6.45, 7) is -0.00463. The lowest BCUT2D eigenvalue weighted by molar-refractivity contribution is -0.121. The van der Waals surface area contributed by atoms with Gasteiger partial charge in [-0.05, 0) is 18.2 Å². The highest BCUT2D eigenvalue weighted by molar-refractivity contribution is 6.15. The van der Waals surface area contributed by atoms with Gasteiger partial charge in [0.25, 0.3) is 0 Å². The van der Waals surface area contributed by atoms with Gasteiger partial charge in [0, 0.05) is 5.69 Å². The fourth-order valence-corrected chi connectivity index (χ4v) is 1.59. The number of rotatable bonds is 1. The van der Waals surface area contributed by atoms with Gasteiger partial charge in [0.2, 0.25) is 5.91 Å². The van der Waals surface area contributed by atoms with Gasteiger partial charge in [-0.3, -0.25) is 9.59 Å². The smallest absolute Gasteiger partial charge is 0.234 e. The van der Waals surface area contributed by atoms with Gasteiger partial charge in [-0.2, -0.15) is 5.26 Å². The second-order valence-corrected chi connectivity index (χ2v) is 3.47. The highest BCUT2D eigenvalue weighted by Crippen LogP contribution is 2.22. The molecule has 2 rings (SSSR count). The second-order valence-electron chi connectivity index (χ2n) is 3.47. The van der Waals surface area contributed by atoms with Crippen LogP contribution in [0.15, 0.2) is 18.2 Å². The molecule has 0 unspecified atom stereocenters. The lowest BCUT2D eigenvalue weighted by atomic mass is 10.2. The first-order valence-electron chi connectivity index (χ1n) is 4.63. The predicted octanol–water partition coefficient (Wildman–Crippen LogP) is 1.00. The Bertz CT molecular complexity index is 519. The fourth-order valence-electron chi connectivity index (χ4n) is 1.59. The van der Waals surface area contributed by atoms with Gasteiger partial charge in [-0.25, -0.2) is 4.39 Å². The molecule has 1 aliphatic rings. The maximum Gasteiger partial charge on any atom is 0.234 e. The summed E-state index contributed by atoms with van der Waals surface area (Å²) in [7, 11) is 0. The van der Waals surface area contributed by atoms with Gasteiger partial charge in [0.15, 0.2) is 5.78 Å². The standard InChI is InChI=1S/C11H7FN2O2/c12-10-2-1-8(3-7(10)5-13)14-6-9(15)4-11(14)16/h1-3H,4,6H2. The van der Waals surface area contributed by atoms with Crippen LogP contribution in [0.5, 0.6) is 0 Å². The molecule has 4 nitrogen and oxygen atoms in total. The Kier molecular flexibility index (Phi) is 2.41. The summed E-state index contributed by atoms with van der Waals surface area (Å²) in [5, 5.41) is 8.64. The molecule has 0 saturated carbocycles. The number of nitriles is 1. The van der Waals surface area contributed by atoms with Crippen molar-refractivity contribution in [2.45, 2.75) is 6.42 Å². The largest absolute Gasteiger partial charge is 0.305 e. The zero-order chi connectivity index (χ0) is 11.7. The van der Waals surface area contributed by atoms with Crippen LogP contribution in [-0.4, -0.2) is 18.2 Å². The molecule has 16 heavy (non-hydrogen) atoms. The summed E-state index contributed by atoms with van der Waals surface area (Å²) in [5.41, 5.74) is 0.249. The van der Waals surface area contributed by atoms with Gasteiger partial charge >= 0.3 is 0 Å². The number of carbonyl (C=O) groups excluding carboxylic acids is 2. The van der Waals surface area contributed by atoms with Crippen LogP contribution in [0.3, 0.4) is 0 Å². The van der Waals surface area contributed by atoms with E-state index in [2.05, 4.69) is 0 Å². The summed E-state index contributed by atoms with van der Waals surface area (Å²) in [5.74, 6) is -1.13. The van der Waals surface area contributed by atoms with Crippen molar-refractivity contribution in [3.63, 3.8) is 0 Å². The van der Waals surface area contributed by atoms with E-state index in [1.807, 2.05) is 0 Å². The van der Waals surface area contributed by atoms with Crippen molar-refractivity contribution < 1.29 is 14.0 Å². The molecule has 0 aliphatic carbocycles. The van der Waals surface area contributed by atoms with Crippen molar-refractivity contribution in [1.29, 1.82) is 5.26 Å². The van der Waals surface area contributed by atoms with Crippen molar-refractivity contribution in [1.82, 2.24) is 0 Å². The van der Waals surface area contributed by atoms with E-state index in [0.29, 0.717) is 5.69 Å². The fraction of sp³-hybridized carbons (Fsp3) is 0.182. The molecule has 1 amide bonds. The molecule has 1 fully saturated rings. The monoisotopic (exact) mass is 218 g/mol. The van der Waals surface area contributed by atoms with Crippen molar-refractivity contribution in [2.24, 2.45) is 0 Å². The third kappa shape index (κ3) is 1.65. The van der Waals surface area contributed by atoms with E-state index in [4.69, 9.17) is 5.26 Å². The number of carbonyl (C=O) groups is 2. The molecule has 1 aromatic rings. The molecule has 1 aliphatic heterocycles. The molecule has 0 N–H and O–H groups in total. The van der Waals surface area contributed by atoms with Gasteiger partial charge in [0.05, 0.1) is 18.5 Å². The Morgan fingerprint density at radius 2 is 2.12 bits per heavy atom. The maximum absolute atomic E-state index is 13.0. The van der Waals surface area contributed by atoms with Gasteiger partial charge in [0.1, 0.15) is 11.9 Å². The minimum Gasteiger partial charge on any atom is -0.305 e. The van der Waals surface area contributed by atoms with Crippen LogP contribution in [0.2, 0.25) is 0 Å². The number of anilines is 1. The zero-order valence-corrected chi connectivity index (χ0v) is 8.24. The Labute approximate surface area is 90.9 Å². The molecular weight excluding hydrogens is 211 g/mol. The van der Waals surface area contributed by atoms with Crippen LogP contribution < -0.4 is 4.90 Å². The lowest BCUT2D eigenvalue weighted by Crippen LogP contribution is -2.24. The Hall–Kier alpha value is -2.22. The van der Waals surface area contributed by atoms with E-state index in [-0.39, 0.29) is 30.2 Å². The van der Waals surface area contributed by atoms with Crippen molar-refractivity contribution in [3.05, 3.63) is 29.6 Å². The molecule has 0 radical (unpaired) electrons. The molecule has 0 bridgehead atoms. The summed E-state index contributed by atoms with van der Waals surface area (Å²) in [4.78, 5) is 23.7. The molecule has 1 aromatic carbocycles. The Balaban J connectivity index is 2.39. The summed E-state index contributed by atoms with van der Waals surface area (Å²) < 4.78 is 13.0. The topological polar surface area (TPSA) is 61.2 Å². The minimum atomic E-state index is -0.635. The quantitative estimate of drug-likeness (QED) is 0.661. The van der Waals surface area contributed by atoms with Crippen molar-refractivity contribution >= 4 is 17.4 Å². The van der Waals surface area contributed by atoms with E-state index in [9.17, 15) is 14.0 Å². The number of hydrogen-bond donors (Lipinski definition) is 0. The van der Waals surface area contributed by atoms with Crippen molar-refractivity contribution in [2.75, 3.05) is 11.4 Å². The van der Waals surface area contributed by atoms with Crippen LogP contribution in [0.1, 0.15) is 12.0 Å². The summed E-state index contributed by atoms with van der Waals surface area (Å²) >= 11 is 0. The molecule has 80 valence electrons. The van der Waals surface area contributed by atoms with Crippen LogP contribution in [0.25, 0.3) is 0 Å². The number of hydrogen-bond acceptors (Lipinski definition) is 3. The first-order valence-corrected chi connectivity index (χ1v) is 4.63. The first kappa shape index (κ1) is 10.3. The molecule has 0 spiro atoms. The highest BCUT2D eigenvalue weighted by atomic mass is 19.1. The van der Waals surface area contributed by atoms with E-state index in [1.165, 1.54) is 17.0 Å².